The van der Waals surface area contributed by atoms with Gasteiger partial charge < -0.3 is 16.0 Å². The first-order chi connectivity index (χ1) is 10.1. The molecule has 2 aromatic rings. The van der Waals surface area contributed by atoms with Crippen LogP contribution in [0.5, 0.6) is 0 Å². The van der Waals surface area contributed by atoms with E-state index in [1.165, 1.54) is 10.4 Å². The number of nitrogens with one attached hydrogen (secondary N) is 1. The van der Waals surface area contributed by atoms with Gasteiger partial charge in [0.15, 0.2) is 0 Å². The normalized spacial score (nSPS) is 10.3. The van der Waals surface area contributed by atoms with Gasteiger partial charge in [-0.1, -0.05) is 18.2 Å². The van der Waals surface area contributed by atoms with Crippen molar-refractivity contribution in [2.24, 2.45) is 0 Å². The Kier molecular flexibility index (Phi) is 5.20. The van der Waals surface area contributed by atoms with Gasteiger partial charge >= 0.3 is 0 Å². The molecule has 0 fully saturated rings. The second kappa shape index (κ2) is 7.33. The van der Waals surface area contributed by atoms with Crippen LogP contribution in [-0.2, 0) is 11.3 Å². The summed E-state index contributed by atoms with van der Waals surface area (Å²) in [6, 6.07) is 11.8. The highest BCUT2D eigenvalue weighted by Crippen LogP contribution is 2.10. The topological polar surface area (TPSA) is 76.2 Å². The van der Waals surface area contributed by atoms with Crippen LogP contribution in [0.2, 0.25) is 0 Å². The summed E-state index contributed by atoms with van der Waals surface area (Å²) in [6.07, 6.45) is 2.58. The van der Waals surface area contributed by atoms with Crippen LogP contribution >= 0.6 is 0 Å². The third kappa shape index (κ3) is 4.83. The smallest absolute Gasteiger partial charge is 0.241 e. The predicted molar refractivity (Wildman–Crippen MR) is 84.0 cm³/mol. The van der Waals surface area contributed by atoms with E-state index >= 15 is 0 Å². The molecule has 1 amide bonds. The Balaban J connectivity index is 1.64. The van der Waals surface area contributed by atoms with Gasteiger partial charge in [-0.25, -0.2) is 0 Å². The number of nitrogen functional groups attached to an aromatic ring is 1. The summed E-state index contributed by atoms with van der Waals surface area (Å²) in [4.78, 5) is 13.9. The minimum Gasteiger partial charge on any atom is -0.382 e. The number of para-hydroxylation sites is 1. The van der Waals surface area contributed by atoms with Crippen molar-refractivity contribution in [1.82, 2.24) is 15.1 Å². The summed E-state index contributed by atoms with van der Waals surface area (Å²) in [7, 11) is 2.05. The van der Waals surface area contributed by atoms with E-state index < -0.39 is 0 Å². The maximum absolute atomic E-state index is 11.7. The molecule has 1 aromatic carbocycles. The first kappa shape index (κ1) is 14.9. The molecule has 6 nitrogen and oxygen atoms in total. The first-order valence-electron chi connectivity index (χ1n) is 6.97. The van der Waals surface area contributed by atoms with Crippen LogP contribution in [0.4, 0.5) is 11.5 Å². The summed E-state index contributed by atoms with van der Waals surface area (Å²) in [5, 5.41) is 6.85. The molecule has 1 heterocycles. The fourth-order valence-corrected chi connectivity index (χ4v) is 2.02. The molecule has 0 unspecified atom stereocenters. The van der Waals surface area contributed by atoms with E-state index in [0.29, 0.717) is 12.4 Å². The molecule has 0 spiro atoms. The monoisotopic (exact) mass is 287 g/mol. The molecule has 0 saturated heterocycles. The van der Waals surface area contributed by atoms with Crippen molar-refractivity contribution in [2.75, 3.05) is 30.8 Å². The Morgan fingerprint density at radius 1 is 1.33 bits per heavy atom. The molecule has 0 bridgehead atoms. The number of amides is 1. The van der Waals surface area contributed by atoms with Crippen LogP contribution in [0.25, 0.3) is 0 Å². The van der Waals surface area contributed by atoms with Gasteiger partial charge in [0.1, 0.15) is 12.4 Å². The van der Waals surface area contributed by atoms with Crippen molar-refractivity contribution in [1.29, 1.82) is 0 Å². The lowest BCUT2D eigenvalue weighted by Crippen LogP contribution is -2.30. The average Bonchev–Trinajstić information content (AvgIpc) is 2.89. The molecule has 0 aliphatic carbocycles. The van der Waals surface area contributed by atoms with Crippen molar-refractivity contribution >= 4 is 17.4 Å². The fraction of sp³-hybridized carbons (Fsp3) is 0.333. The maximum Gasteiger partial charge on any atom is 0.241 e. The van der Waals surface area contributed by atoms with E-state index in [2.05, 4.69) is 27.4 Å². The van der Waals surface area contributed by atoms with Gasteiger partial charge in [0.2, 0.25) is 5.91 Å². The van der Waals surface area contributed by atoms with Gasteiger partial charge in [-0.15, -0.1) is 0 Å². The molecule has 2 rings (SSSR count). The van der Waals surface area contributed by atoms with E-state index in [-0.39, 0.29) is 12.5 Å². The molecule has 21 heavy (non-hydrogen) atoms. The quantitative estimate of drug-likeness (QED) is 0.748. The van der Waals surface area contributed by atoms with Crippen molar-refractivity contribution in [3.05, 3.63) is 42.6 Å². The summed E-state index contributed by atoms with van der Waals surface area (Å²) >= 11 is 0. The van der Waals surface area contributed by atoms with Crippen LogP contribution < -0.4 is 16.0 Å². The van der Waals surface area contributed by atoms with Crippen LogP contribution in [0.15, 0.2) is 42.6 Å². The molecule has 0 radical (unpaired) electrons. The Bertz CT molecular complexity index is 566. The fourth-order valence-electron chi connectivity index (χ4n) is 2.02. The van der Waals surface area contributed by atoms with Crippen molar-refractivity contribution < 1.29 is 4.79 Å². The summed E-state index contributed by atoms with van der Waals surface area (Å²) in [5.41, 5.74) is 6.67. The summed E-state index contributed by atoms with van der Waals surface area (Å²) < 4.78 is 1.53. The number of nitrogens with zero attached hydrogens (tertiary/aromatic N) is 3. The number of carbonyl (C=O) groups excluding carboxylic acids is 1. The average molecular weight is 287 g/mol. The van der Waals surface area contributed by atoms with Gasteiger partial charge in [-0.05, 0) is 24.6 Å². The van der Waals surface area contributed by atoms with Crippen molar-refractivity contribution in [2.45, 2.75) is 13.0 Å². The van der Waals surface area contributed by atoms with Gasteiger partial charge in [-0.2, -0.15) is 5.10 Å². The van der Waals surface area contributed by atoms with Gasteiger partial charge in [0, 0.05) is 32.0 Å². The Morgan fingerprint density at radius 3 is 2.76 bits per heavy atom. The lowest BCUT2D eigenvalue weighted by molar-refractivity contribution is -0.121. The highest BCUT2D eigenvalue weighted by molar-refractivity contribution is 5.75. The molecule has 0 atom stereocenters. The van der Waals surface area contributed by atoms with Crippen LogP contribution in [0.3, 0.4) is 0 Å². The van der Waals surface area contributed by atoms with E-state index in [4.69, 9.17) is 5.73 Å². The zero-order chi connectivity index (χ0) is 15.1. The predicted octanol–water partition coefficient (Wildman–Crippen LogP) is 1.11. The SMILES string of the molecule is CN(CCCNC(=O)Cn1ccc(N)n1)c1ccccc1. The summed E-state index contributed by atoms with van der Waals surface area (Å²) in [5.74, 6) is 0.368. The van der Waals surface area contributed by atoms with Gasteiger partial charge in [0.25, 0.3) is 0 Å². The van der Waals surface area contributed by atoms with Crippen LogP contribution in [0, 0.1) is 0 Å². The third-order valence-electron chi connectivity index (χ3n) is 3.16. The minimum atomic E-state index is -0.0551. The number of nitrogens with two attached hydrogens (primary N) is 1. The zero-order valence-electron chi connectivity index (χ0n) is 12.2. The highest BCUT2D eigenvalue weighted by Gasteiger charge is 2.04. The molecular weight excluding hydrogens is 266 g/mol. The Morgan fingerprint density at radius 2 is 2.10 bits per heavy atom. The molecule has 1 aromatic heterocycles. The third-order valence-corrected chi connectivity index (χ3v) is 3.16. The number of aromatic nitrogens is 2. The first-order valence-corrected chi connectivity index (χ1v) is 6.97. The second-order valence-electron chi connectivity index (χ2n) is 4.90. The molecule has 112 valence electrons. The number of rotatable bonds is 7. The molecular formula is C15H21N5O. The minimum absolute atomic E-state index is 0.0551. The van der Waals surface area contributed by atoms with E-state index in [1.54, 1.807) is 12.3 Å². The molecule has 0 aliphatic rings. The van der Waals surface area contributed by atoms with Crippen molar-refractivity contribution in [3.63, 3.8) is 0 Å². The van der Waals surface area contributed by atoms with Crippen LogP contribution in [-0.4, -0.2) is 35.8 Å². The Labute approximate surface area is 124 Å². The number of hydrogen-bond acceptors (Lipinski definition) is 4. The van der Waals surface area contributed by atoms with Crippen LogP contribution in [0.1, 0.15) is 6.42 Å². The number of anilines is 2. The summed E-state index contributed by atoms with van der Waals surface area (Å²) in [6.45, 7) is 1.73. The highest BCUT2D eigenvalue weighted by atomic mass is 16.2. The van der Waals surface area contributed by atoms with E-state index in [1.807, 2.05) is 25.2 Å². The largest absolute Gasteiger partial charge is 0.382 e. The maximum atomic E-state index is 11.7. The lowest BCUT2D eigenvalue weighted by atomic mass is 10.3. The standard InChI is InChI=1S/C15H21N5O/c1-19(13-6-3-2-4-7-13)10-5-9-17-15(21)12-20-11-8-14(16)18-20/h2-4,6-8,11H,5,9-10,12H2,1H3,(H2,16,18)(H,17,21). The van der Waals surface area contributed by atoms with E-state index in [9.17, 15) is 4.79 Å². The lowest BCUT2D eigenvalue weighted by Gasteiger charge is -2.19. The molecule has 0 aliphatic heterocycles. The number of benzene rings is 1. The number of hydrogen-bond donors (Lipinski definition) is 2. The second-order valence-corrected chi connectivity index (χ2v) is 4.90. The van der Waals surface area contributed by atoms with Crippen molar-refractivity contribution in [3.8, 4) is 0 Å². The van der Waals surface area contributed by atoms with E-state index in [0.717, 1.165) is 13.0 Å². The number of carbonyl (C=O) groups is 1. The van der Waals surface area contributed by atoms with Gasteiger partial charge in [0.05, 0.1) is 0 Å². The molecule has 6 heteroatoms. The molecule has 0 saturated carbocycles. The van der Waals surface area contributed by atoms with Gasteiger partial charge in [-0.3, -0.25) is 9.48 Å². The zero-order valence-corrected chi connectivity index (χ0v) is 12.2. The molecule has 3 N–H and O–H groups in total. The Hall–Kier alpha value is -2.50.